The first-order valence-corrected chi connectivity index (χ1v) is 13.3. The van der Waals surface area contributed by atoms with Crippen LogP contribution < -0.4 is 0 Å². The molecule has 218 valence electrons. The molecule has 1 aliphatic rings. The third-order valence-corrected chi connectivity index (χ3v) is 6.69. The number of carbonyl (C=O) groups is 3. The second-order valence-electron chi connectivity index (χ2n) is 9.58. The van der Waals surface area contributed by atoms with Crippen molar-refractivity contribution < 1.29 is 38.1 Å². The van der Waals surface area contributed by atoms with Crippen LogP contribution in [0.5, 0.6) is 0 Å². The van der Waals surface area contributed by atoms with Gasteiger partial charge in [-0.05, 0) is 22.2 Å². The molecule has 42 heavy (non-hydrogen) atoms. The van der Waals surface area contributed by atoms with Crippen LogP contribution in [0.2, 0.25) is 0 Å². The van der Waals surface area contributed by atoms with Crippen LogP contribution in [0.3, 0.4) is 0 Å². The summed E-state index contributed by atoms with van der Waals surface area (Å²) >= 11 is 0. The van der Waals surface area contributed by atoms with E-state index in [-0.39, 0.29) is 6.61 Å². The van der Waals surface area contributed by atoms with Gasteiger partial charge in [-0.1, -0.05) is 96.1 Å². The van der Waals surface area contributed by atoms with Crippen molar-refractivity contribution >= 4 is 17.9 Å². The van der Waals surface area contributed by atoms with E-state index >= 15 is 0 Å². The van der Waals surface area contributed by atoms with Gasteiger partial charge in [-0.2, -0.15) is 0 Å². The molecule has 11 nitrogen and oxygen atoms in total. The molecule has 0 spiro atoms. The molecule has 3 aromatic carbocycles. The minimum atomic E-state index is -1.41. The summed E-state index contributed by atoms with van der Waals surface area (Å²) in [5.74, 6) is -2.18. The van der Waals surface area contributed by atoms with Crippen LogP contribution in [0.1, 0.15) is 37.5 Å². The molecule has 0 radical (unpaired) electrons. The highest BCUT2D eigenvalue weighted by molar-refractivity contribution is 5.68. The number of nitrogens with zero attached hydrogens (tertiary/aromatic N) is 3. The van der Waals surface area contributed by atoms with Gasteiger partial charge in [-0.3, -0.25) is 14.4 Å². The van der Waals surface area contributed by atoms with E-state index in [0.717, 1.165) is 30.5 Å². The fourth-order valence-corrected chi connectivity index (χ4v) is 5.13. The van der Waals surface area contributed by atoms with Gasteiger partial charge < -0.3 is 23.7 Å². The van der Waals surface area contributed by atoms with Crippen LogP contribution in [-0.2, 0) is 43.7 Å². The molecular weight excluding hydrogens is 542 g/mol. The fourth-order valence-electron chi connectivity index (χ4n) is 5.13. The first-order valence-electron chi connectivity index (χ1n) is 13.3. The van der Waals surface area contributed by atoms with E-state index in [1.54, 1.807) is 0 Å². The summed E-state index contributed by atoms with van der Waals surface area (Å²) in [6.45, 7) is 3.26. The van der Waals surface area contributed by atoms with Crippen molar-refractivity contribution in [1.29, 1.82) is 0 Å². The second kappa shape index (κ2) is 13.8. The Balaban J connectivity index is 1.83. The predicted molar refractivity (Wildman–Crippen MR) is 150 cm³/mol. The number of azide groups is 1. The van der Waals surface area contributed by atoms with Crippen LogP contribution in [-0.4, -0.2) is 55.2 Å². The van der Waals surface area contributed by atoms with Gasteiger partial charge in [0.05, 0.1) is 6.61 Å². The predicted octanol–water partition coefficient (Wildman–Crippen LogP) is 4.83. The Morgan fingerprint density at radius 3 is 1.52 bits per heavy atom. The normalized spacial score (nSPS) is 21.8. The van der Waals surface area contributed by atoms with Gasteiger partial charge in [0.25, 0.3) is 0 Å². The van der Waals surface area contributed by atoms with Gasteiger partial charge in [-0.15, -0.1) is 0 Å². The average Bonchev–Trinajstić information content (AvgIpc) is 2.98. The highest BCUT2D eigenvalue weighted by Crippen LogP contribution is 2.41. The zero-order valence-corrected chi connectivity index (χ0v) is 23.4. The van der Waals surface area contributed by atoms with Crippen molar-refractivity contribution in [2.45, 2.75) is 57.0 Å². The van der Waals surface area contributed by atoms with Gasteiger partial charge in [0.1, 0.15) is 11.7 Å². The molecule has 11 heteroatoms. The van der Waals surface area contributed by atoms with E-state index in [1.807, 2.05) is 91.0 Å². The van der Waals surface area contributed by atoms with Gasteiger partial charge in [0.15, 0.2) is 24.5 Å². The largest absolute Gasteiger partial charge is 0.456 e. The van der Waals surface area contributed by atoms with E-state index in [1.165, 1.54) is 6.92 Å². The van der Waals surface area contributed by atoms with Crippen LogP contribution in [0.25, 0.3) is 10.4 Å². The maximum Gasteiger partial charge on any atom is 0.303 e. The molecule has 0 bridgehead atoms. The average molecular weight is 574 g/mol. The third kappa shape index (κ3) is 6.77. The molecule has 0 aromatic heterocycles. The summed E-state index contributed by atoms with van der Waals surface area (Å²) in [4.78, 5) is 39.1. The molecule has 1 heterocycles. The van der Waals surface area contributed by atoms with Gasteiger partial charge in [-0.25, -0.2) is 0 Å². The Labute approximate surface area is 242 Å². The SMILES string of the molecule is CC(=O)O[C@@H]1[C@@H](OC(C)=O)[C@H](N=[N+]=[N-])O[C@H](COC(c2ccccc2)(c2ccccc2)c2ccccc2)[C@H]1OC(C)=O. The lowest BCUT2D eigenvalue weighted by atomic mass is 9.80. The fraction of sp³-hybridized carbons (Fsp3) is 0.323. The topological polar surface area (TPSA) is 146 Å². The Morgan fingerprint density at radius 2 is 1.12 bits per heavy atom. The number of rotatable bonds is 10. The van der Waals surface area contributed by atoms with E-state index < -0.39 is 54.2 Å². The highest BCUT2D eigenvalue weighted by Gasteiger charge is 2.52. The van der Waals surface area contributed by atoms with E-state index in [9.17, 15) is 19.9 Å². The lowest BCUT2D eigenvalue weighted by molar-refractivity contribution is -0.255. The summed E-state index contributed by atoms with van der Waals surface area (Å²) in [6.07, 6.45) is -6.54. The van der Waals surface area contributed by atoms with Crippen molar-refractivity contribution in [2.24, 2.45) is 5.11 Å². The summed E-state index contributed by atoms with van der Waals surface area (Å²) in [5, 5.41) is 3.65. The van der Waals surface area contributed by atoms with Crippen molar-refractivity contribution in [3.63, 3.8) is 0 Å². The van der Waals surface area contributed by atoms with E-state index in [2.05, 4.69) is 10.0 Å². The highest BCUT2D eigenvalue weighted by atomic mass is 16.7. The summed E-state index contributed by atoms with van der Waals surface area (Å²) < 4.78 is 29.3. The molecule has 4 rings (SSSR count). The number of benzene rings is 3. The standard InChI is InChI=1S/C31H31N3O8/c1-20(35)39-27-26(42-30(33-34-32)29(41-22(3)37)28(27)40-21(2)36)19-38-31(23-13-7-4-8-14-23,24-15-9-5-10-16-24)25-17-11-6-12-18-25/h4-18,26-30H,19H2,1-3H3/t26-,27-,28+,29-,30-/m1/s1. The quantitative estimate of drug-likeness (QED) is 0.0837. The molecule has 3 aromatic rings. The summed E-state index contributed by atoms with van der Waals surface area (Å²) in [5.41, 5.74) is 10.5. The third-order valence-electron chi connectivity index (χ3n) is 6.69. The molecule has 0 saturated carbocycles. The van der Waals surface area contributed by atoms with E-state index in [0.29, 0.717) is 0 Å². The minimum absolute atomic E-state index is 0.224. The smallest absolute Gasteiger partial charge is 0.303 e. The Hall–Kier alpha value is -4.70. The Kier molecular flexibility index (Phi) is 9.93. The number of esters is 3. The number of ether oxygens (including phenoxy) is 5. The Bertz CT molecular complexity index is 1320. The number of hydrogen-bond donors (Lipinski definition) is 0. The van der Waals surface area contributed by atoms with Gasteiger partial charge >= 0.3 is 17.9 Å². The summed E-state index contributed by atoms with van der Waals surface area (Å²) in [6, 6.07) is 28.7. The number of hydrogen-bond acceptors (Lipinski definition) is 9. The summed E-state index contributed by atoms with van der Waals surface area (Å²) in [7, 11) is 0. The maximum absolute atomic E-state index is 12.2. The molecule has 0 aliphatic carbocycles. The molecule has 0 unspecified atom stereocenters. The van der Waals surface area contributed by atoms with E-state index in [4.69, 9.17) is 23.7 Å². The van der Waals surface area contributed by atoms with Crippen LogP contribution in [0, 0.1) is 0 Å². The molecule has 0 amide bonds. The molecule has 1 saturated heterocycles. The van der Waals surface area contributed by atoms with Crippen molar-refractivity contribution in [3.8, 4) is 0 Å². The molecule has 1 fully saturated rings. The van der Waals surface area contributed by atoms with Crippen molar-refractivity contribution in [2.75, 3.05) is 6.61 Å². The molecular formula is C31H31N3O8. The zero-order valence-electron chi connectivity index (χ0n) is 23.4. The number of carbonyl (C=O) groups excluding carboxylic acids is 3. The second-order valence-corrected chi connectivity index (χ2v) is 9.58. The zero-order chi connectivity index (χ0) is 30.1. The molecule has 0 N–H and O–H groups in total. The monoisotopic (exact) mass is 573 g/mol. The van der Waals surface area contributed by atoms with Crippen LogP contribution in [0.15, 0.2) is 96.1 Å². The minimum Gasteiger partial charge on any atom is -0.456 e. The van der Waals surface area contributed by atoms with Gasteiger partial charge in [0.2, 0.25) is 0 Å². The maximum atomic E-state index is 12.2. The lowest BCUT2D eigenvalue weighted by Crippen LogP contribution is -2.62. The van der Waals surface area contributed by atoms with Crippen LogP contribution in [0.4, 0.5) is 0 Å². The van der Waals surface area contributed by atoms with Gasteiger partial charge in [0, 0.05) is 25.7 Å². The first kappa shape index (κ1) is 30.3. The van der Waals surface area contributed by atoms with Crippen LogP contribution >= 0.6 is 0 Å². The van der Waals surface area contributed by atoms with Crippen molar-refractivity contribution in [1.82, 2.24) is 0 Å². The van der Waals surface area contributed by atoms with Crippen molar-refractivity contribution in [3.05, 3.63) is 118 Å². The molecule has 1 aliphatic heterocycles. The molecule has 5 atom stereocenters. The first-order chi connectivity index (χ1) is 20.3. The Morgan fingerprint density at radius 1 is 0.714 bits per heavy atom. The lowest BCUT2D eigenvalue weighted by Gasteiger charge is -2.44.